The summed E-state index contributed by atoms with van der Waals surface area (Å²) >= 11 is 0. The van der Waals surface area contributed by atoms with Crippen LogP contribution in [0.25, 0.3) is 0 Å². The minimum atomic E-state index is -0.107. The van der Waals surface area contributed by atoms with Gasteiger partial charge >= 0.3 is 0 Å². The lowest BCUT2D eigenvalue weighted by atomic mass is 10.2. The summed E-state index contributed by atoms with van der Waals surface area (Å²) in [7, 11) is 0. The number of nitrogens with one attached hydrogen (secondary N) is 1. The lowest BCUT2D eigenvalue weighted by molar-refractivity contribution is 0.353. The van der Waals surface area contributed by atoms with E-state index in [0.717, 1.165) is 12.8 Å². The summed E-state index contributed by atoms with van der Waals surface area (Å²) in [6.45, 7) is 0.573. The number of aliphatic hydroxyl groups excluding tert-OH is 1. The lowest BCUT2D eigenvalue weighted by Gasteiger charge is -1.96. The van der Waals surface area contributed by atoms with Gasteiger partial charge in [-0.2, -0.15) is 0 Å². The third kappa shape index (κ3) is 5.46. The molecule has 0 saturated heterocycles. The van der Waals surface area contributed by atoms with Crippen LogP contribution in [0, 0.1) is 5.41 Å². The van der Waals surface area contributed by atoms with Gasteiger partial charge in [-0.05, 0) is 25.8 Å². The van der Waals surface area contributed by atoms with Crippen LogP contribution in [0.15, 0.2) is 0 Å². The van der Waals surface area contributed by atoms with Crippen molar-refractivity contribution in [1.29, 1.82) is 5.41 Å². The molecule has 0 aliphatic rings. The summed E-state index contributed by atoms with van der Waals surface area (Å²) in [6.07, 6.45) is 2.56. The molecule has 0 amide bonds. The van der Waals surface area contributed by atoms with Crippen molar-refractivity contribution in [2.24, 2.45) is 5.73 Å². The second-order valence-corrected chi connectivity index (χ2v) is 2.01. The largest absolute Gasteiger partial charge is 0.390 e. The zero-order chi connectivity index (χ0) is 7.11. The van der Waals surface area contributed by atoms with Crippen molar-refractivity contribution in [3.63, 3.8) is 0 Å². The number of hydrogen-bond acceptors (Lipinski definition) is 3. The molecule has 0 bridgehead atoms. The molecule has 0 aliphatic carbocycles. The summed E-state index contributed by atoms with van der Waals surface area (Å²) < 4.78 is 0. The van der Waals surface area contributed by atoms with Crippen LogP contribution in [0.3, 0.4) is 0 Å². The highest BCUT2D eigenvalue weighted by molar-refractivity contribution is 5.82. The predicted octanol–water partition coefficient (Wildman–Crippen LogP) is 0.127. The molecule has 4 N–H and O–H groups in total. The normalized spacial score (nSPS) is 9.56. The van der Waals surface area contributed by atoms with Gasteiger partial charge in [0.25, 0.3) is 0 Å². The van der Waals surface area contributed by atoms with Crippen molar-refractivity contribution < 1.29 is 5.11 Å². The van der Waals surface area contributed by atoms with E-state index in [1.54, 1.807) is 0 Å². The van der Waals surface area contributed by atoms with E-state index < -0.39 is 0 Å². The standard InChI is InChI=1S/C6H14N2O/c7-4-2-1-3-6(8)5-9/h8-9H,1-5,7H2. The van der Waals surface area contributed by atoms with Crippen molar-refractivity contribution in [3.8, 4) is 0 Å². The Kier molecular flexibility index (Phi) is 5.46. The van der Waals surface area contributed by atoms with Gasteiger partial charge < -0.3 is 16.2 Å². The summed E-state index contributed by atoms with van der Waals surface area (Å²) in [5, 5.41) is 15.4. The van der Waals surface area contributed by atoms with Gasteiger partial charge in [0.05, 0.1) is 6.61 Å². The fourth-order valence-corrected chi connectivity index (χ4v) is 0.562. The Morgan fingerprint density at radius 2 is 2.11 bits per heavy atom. The molecule has 0 radical (unpaired) electrons. The van der Waals surface area contributed by atoms with E-state index in [1.807, 2.05) is 0 Å². The van der Waals surface area contributed by atoms with E-state index in [9.17, 15) is 0 Å². The summed E-state index contributed by atoms with van der Waals surface area (Å²) in [4.78, 5) is 0. The molecule has 3 nitrogen and oxygen atoms in total. The molecule has 0 aromatic carbocycles. The fraction of sp³-hybridized carbons (Fsp3) is 0.833. The van der Waals surface area contributed by atoms with Crippen molar-refractivity contribution in [3.05, 3.63) is 0 Å². The van der Waals surface area contributed by atoms with Gasteiger partial charge in [-0.1, -0.05) is 0 Å². The molecule has 0 heterocycles. The first kappa shape index (κ1) is 8.59. The topological polar surface area (TPSA) is 70.1 Å². The highest BCUT2D eigenvalue weighted by Gasteiger charge is 1.92. The molecule has 0 unspecified atom stereocenters. The Hall–Kier alpha value is -0.410. The van der Waals surface area contributed by atoms with Gasteiger partial charge in [-0.3, -0.25) is 0 Å². The maximum absolute atomic E-state index is 8.38. The van der Waals surface area contributed by atoms with Crippen molar-refractivity contribution >= 4 is 5.71 Å². The van der Waals surface area contributed by atoms with Gasteiger partial charge in [0.15, 0.2) is 0 Å². The maximum atomic E-state index is 8.38. The molecule has 0 aromatic heterocycles. The third-order valence-corrected chi connectivity index (χ3v) is 1.12. The van der Waals surface area contributed by atoms with Crippen LogP contribution < -0.4 is 5.73 Å². The second kappa shape index (κ2) is 5.72. The monoisotopic (exact) mass is 130 g/mol. The number of aliphatic hydroxyl groups is 1. The third-order valence-electron chi connectivity index (χ3n) is 1.12. The van der Waals surface area contributed by atoms with Crippen LogP contribution >= 0.6 is 0 Å². The molecule has 0 fully saturated rings. The fourth-order valence-electron chi connectivity index (χ4n) is 0.562. The van der Waals surface area contributed by atoms with E-state index >= 15 is 0 Å². The molecule has 0 rings (SSSR count). The average Bonchev–Trinajstić information content (AvgIpc) is 1.89. The van der Waals surface area contributed by atoms with Crippen molar-refractivity contribution in [2.45, 2.75) is 19.3 Å². The molecule has 0 aromatic rings. The molecule has 0 saturated carbocycles. The van der Waals surface area contributed by atoms with E-state index in [-0.39, 0.29) is 6.61 Å². The Bertz CT molecular complexity index is 83.1. The van der Waals surface area contributed by atoms with Gasteiger partial charge in [0.2, 0.25) is 0 Å². The first-order valence-electron chi connectivity index (χ1n) is 3.18. The molecule has 0 spiro atoms. The zero-order valence-corrected chi connectivity index (χ0v) is 5.56. The van der Waals surface area contributed by atoms with Crippen molar-refractivity contribution in [2.75, 3.05) is 13.2 Å². The minimum absolute atomic E-state index is 0.107. The molecule has 0 atom stereocenters. The van der Waals surface area contributed by atoms with E-state index in [2.05, 4.69) is 0 Å². The van der Waals surface area contributed by atoms with E-state index in [0.29, 0.717) is 18.7 Å². The molecule has 54 valence electrons. The van der Waals surface area contributed by atoms with Gasteiger partial charge in [-0.15, -0.1) is 0 Å². The predicted molar refractivity (Wildman–Crippen MR) is 37.7 cm³/mol. The summed E-state index contributed by atoms with van der Waals surface area (Å²) in [5.41, 5.74) is 5.63. The van der Waals surface area contributed by atoms with Crippen molar-refractivity contribution in [1.82, 2.24) is 0 Å². The lowest BCUT2D eigenvalue weighted by Crippen LogP contribution is -2.04. The number of rotatable bonds is 5. The second-order valence-electron chi connectivity index (χ2n) is 2.01. The number of nitrogens with two attached hydrogens (primary N) is 1. The quantitative estimate of drug-likeness (QED) is 0.365. The molecule has 9 heavy (non-hydrogen) atoms. The number of hydrogen-bond donors (Lipinski definition) is 3. The molecule has 0 aliphatic heterocycles. The smallest absolute Gasteiger partial charge is 0.0806 e. The summed E-state index contributed by atoms with van der Waals surface area (Å²) in [6, 6.07) is 0. The minimum Gasteiger partial charge on any atom is -0.390 e. The van der Waals surface area contributed by atoms with E-state index in [1.165, 1.54) is 0 Å². The highest BCUT2D eigenvalue weighted by atomic mass is 16.3. The van der Waals surface area contributed by atoms with Gasteiger partial charge in [0.1, 0.15) is 0 Å². The Labute approximate surface area is 55.4 Å². The maximum Gasteiger partial charge on any atom is 0.0806 e. The SMILES string of the molecule is N=C(CO)CCCCN. The molecular formula is C6H14N2O. The van der Waals surface area contributed by atoms with Gasteiger partial charge in [-0.25, -0.2) is 0 Å². The first-order chi connectivity index (χ1) is 4.31. The number of unbranched alkanes of at least 4 members (excludes halogenated alkanes) is 1. The Morgan fingerprint density at radius 1 is 1.44 bits per heavy atom. The Balaban J connectivity index is 2.97. The Morgan fingerprint density at radius 3 is 2.56 bits per heavy atom. The van der Waals surface area contributed by atoms with E-state index in [4.69, 9.17) is 16.2 Å². The van der Waals surface area contributed by atoms with Gasteiger partial charge in [0, 0.05) is 5.71 Å². The highest BCUT2D eigenvalue weighted by Crippen LogP contribution is 1.93. The summed E-state index contributed by atoms with van der Waals surface area (Å²) in [5.74, 6) is 0. The van der Waals surface area contributed by atoms with Crippen LogP contribution in [0.1, 0.15) is 19.3 Å². The zero-order valence-electron chi connectivity index (χ0n) is 5.56. The first-order valence-corrected chi connectivity index (χ1v) is 3.18. The van der Waals surface area contributed by atoms with Crippen LogP contribution in [0.2, 0.25) is 0 Å². The van der Waals surface area contributed by atoms with Crippen LogP contribution in [0.4, 0.5) is 0 Å². The molecular weight excluding hydrogens is 116 g/mol. The van der Waals surface area contributed by atoms with Crippen LogP contribution in [-0.4, -0.2) is 24.0 Å². The van der Waals surface area contributed by atoms with Crippen LogP contribution in [0.5, 0.6) is 0 Å². The average molecular weight is 130 g/mol. The van der Waals surface area contributed by atoms with Crippen LogP contribution in [-0.2, 0) is 0 Å². The molecule has 3 heteroatoms.